The van der Waals surface area contributed by atoms with Crippen LogP contribution in [0.5, 0.6) is 5.75 Å². The van der Waals surface area contributed by atoms with E-state index < -0.39 is 6.04 Å². The second kappa shape index (κ2) is 7.38. The average molecular weight is 377 g/mol. The summed E-state index contributed by atoms with van der Waals surface area (Å²) in [5, 5.41) is 2.96. The molecule has 0 aliphatic carbocycles. The van der Waals surface area contributed by atoms with E-state index in [1.165, 1.54) is 5.56 Å². The first-order chi connectivity index (χ1) is 13.6. The predicted molar refractivity (Wildman–Crippen MR) is 106 cm³/mol. The molecule has 28 heavy (non-hydrogen) atoms. The van der Waals surface area contributed by atoms with Crippen molar-refractivity contribution in [2.45, 2.75) is 12.5 Å². The summed E-state index contributed by atoms with van der Waals surface area (Å²) in [4.78, 5) is 29.0. The Bertz CT molecular complexity index is 922. The van der Waals surface area contributed by atoms with Gasteiger partial charge in [-0.15, -0.1) is 0 Å². The van der Waals surface area contributed by atoms with Crippen molar-refractivity contribution in [3.8, 4) is 5.75 Å². The van der Waals surface area contributed by atoms with E-state index in [1.54, 1.807) is 19.1 Å². The largest absolute Gasteiger partial charge is 0.497 e. The van der Waals surface area contributed by atoms with Gasteiger partial charge in [0.15, 0.2) is 0 Å². The molecule has 0 unspecified atom stereocenters. The third-order valence-electron chi connectivity index (χ3n) is 5.40. The van der Waals surface area contributed by atoms with Crippen LogP contribution in [-0.4, -0.2) is 49.0 Å². The van der Waals surface area contributed by atoms with Crippen molar-refractivity contribution in [1.29, 1.82) is 0 Å². The maximum Gasteiger partial charge on any atom is 0.322 e. The molecule has 0 bridgehead atoms. The van der Waals surface area contributed by atoms with Crippen molar-refractivity contribution < 1.29 is 14.3 Å². The van der Waals surface area contributed by atoms with Gasteiger partial charge in [0, 0.05) is 13.6 Å². The molecular weight excluding hydrogens is 354 g/mol. The third kappa shape index (κ3) is 3.22. The quantitative estimate of drug-likeness (QED) is 0.872. The molecule has 2 heterocycles. The van der Waals surface area contributed by atoms with Crippen molar-refractivity contribution in [3.05, 3.63) is 77.0 Å². The Balaban J connectivity index is 1.58. The lowest BCUT2D eigenvalue weighted by molar-refractivity contribution is -0.125. The average Bonchev–Trinajstić information content (AvgIpc) is 3.07. The number of urea groups is 1. The molecule has 6 heteroatoms. The Labute approximate surface area is 164 Å². The molecule has 0 saturated heterocycles. The van der Waals surface area contributed by atoms with Gasteiger partial charge < -0.3 is 15.0 Å². The van der Waals surface area contributed by atoms with Crippen LogP contribution in [0.2, 0.25) is 0 Å². The van der Waals surface area contributed by atoms with Gasteiger partial charge in [0.2, 0.25) is 0 Å². The highest BCUT2D eigenvalue weighted by atomic mass is 16.5. The Morgan fingerprint density at radius 2 is 1.79 bits per heavy atom. The smallest absolute Gasteiger partial charge is 0.322 e. The van der Waals surface area contributed by atoms with Gasteiger partial charge in [-0.2, -0.15) is 0 Å². The van der Waals surface area contributed by atoms with Crippen molar-refractivity contribution in [2.24, 2.45) is 0 Å². The van der Waals surface area contributed by atoms with Gasteiger partial charge >= 0.3 is 6.03 Å². The molecular formula is C22H23N3O3. The number of hydrogen-bond donors (Lipinski definition) is 1. The molecule has 2 aliphatic rings. The van der Waals surface area contributed by atoms with Crippen LogP contribution in [0.3, 0.4) is 0 Å². The molecule has 6 nitrogen and oxygen atoms in total. The maximum absolute atomic E-state index is 13.2. The second-order valence-electron chi connectivity index (χ2n) is 7.04. The number of nitrogens with one attached hydrogen (secondary N) is 1. The fraction of sp³-hybridized carbons (Fsp3) is 0.273. The lowest BCUT2D eigenvalue weighted by atomic mass is 9.95. The second-order valence-corrected chi connectivity index (χ2v) is 7.04. The lowest BCUT2D eigenvalue weighted by Crippen LogP contribution is -2.45. The van der Waals surface area contributed by atoms with Gasteiger partial charge in [0.1, 0.15) is 5.75 Å². The van der Waals surface area contributed by atoms with E-state index in [0.717, 1.165) is 23.4 Å². The number of likely N-dealkylation sites (N-methyl/N-ethyl adjacent to an activating group) is 1. The van der Waals surface area contributed by atoms with Crippen LogP contribution in [-0.2, 0) is 11.2 Å². The zero-order chi connectivity index (χ0) is 19.7. The predicted octanol–water partition coefficient (Wildman–Crippen LogP) is 2.73. The topological polar surface area (TPSA) is 61.9 Å². The van der Waals surface area contributed by atoms with Gasteiger partial charge in [-0.05, 0) is 29.7 Å². The van der Waals surface area contributed by atoms with E-state index in [4.69, 9.17) is 4.74 Å². The van der Waals surface area contributed by atoms with Crippen LogP contribution in [0.25, 0.3) is 0 Å². The third-order valence-corrected chi connectivity index (χ3v) is 5.40. The van der Waals surface area contributed by atoms with E-state index in [-0.39, 0.29) is 11.9 Å². The van der Waals surface area contributed by atoms with Crippen molar-refractivity contribution in [1.82, 2.24) is 15.1 Å². The molecule has 2 aliphatic heterocycles. The molecule has 4 rings (SSSR count). The number of benzene rings is 2. The Morgan fingerprint density at radius 3 is 2.46 bits per heavy atom. The first-order valence-electron chi connectivity index (χ1n) is 9.33. The van der Waals surface area contributed by atoms with Gasteiger partial charge in [-0.1, -0.05) is 42.5 Å². The number of amides is 3. The molecule has 144 valence electrons. The standard InChI is InChI=1S/C22H23N3O3/c1-24-18-14-25(13-12-15-6-4-3-5-7-15)21(26)19(18)20(23-22(24)27)16-8-10-17(28-2)11-9-16/h3-11,20H,12-14H2,1-2H3,(H,23,27)/t20-/m0/s1. The first kappa shape index (κ1) is 18.1. The molecule has 2 aromatic carbocycles. The monoisotopic (exact) mass is 377 g/mol. The zero-order valence-electron chi connectivity index (χ0n) is 16.0. The number of nitrogens with zero attached hydrogens (tertiary/aromatic N) is 2. The van der Waals surface area contributed by atoms with E-state index in [0.29, 0.717) is 18.7 Å². The van der Waals surface area contributed by atoms with Gasteiger partial charge in [-0.25, -0.2) is 4.79 Å². The SMILES string of the molecule is COc1ccc([C@@H]2NC(=O)N(C)C3=C2C(=O)N(CCc2ccccc2)C3)cc1. The molecule has 0 radical (unpaired) electrons. The normalized spacial score (nSPS) is 19.0. The minimum absolute atomic E-state index is 0.0152. The summed E-state index contributed by atoms with van der Waals surface area (Å²) < 4.78 is 5.21. The van der Waals surface area contributed by atoms with E-state index >= 15 is 0 Å². The van der Waals surface area contributed by atoms with Crippen molar-refractivity contribution in [2.75, 3.05) is 27.2 Å². The van der Waals surface area contributed by atoms with Crippen LogP contribution >= 0.6 is 0 Å². The summed E-state index contributed by atoms with van der Waals surface area (Å²) in [6, 6.07) is 16.9. The van der Waals surface area contributed by atoms with E-state index in [1.807, 2.05) is 47.4 Å². The van der Waals surface area contributed by atoms with Gasteiger partial charge in [0.25, 0.3) is 5.91 Å². The first-order valence-corrected chi connectivity index (χ1v) is 9.33. The minimum Gasteiger partial charge on any atom is -0.497 e. The summed E-state index contributed by atoms with van der Waals surface area (Å²) >= 11 is 0. The summed E-state index contributed by atoms with van der Waals surface area (Å²) in [6.45, 7) is 1.07. The summed E-state index contributed by atoms with van der Waals surface area (Å²) in [6.07, 6.45) is 0.783. The molecule has 1 atom stereocenters. The van der Waals surface area contributed by atoms with E-state index in [2.05, 4.69) is 17.4 Å². The molecule has 3 amide bonds. The molecule has 0 spiro atoms. The van der Waals surface area contributed by atoms with Crippen molar-refractivity contribution >= 4 is 11.9 Å². The highest BCUT2D eigenvalue weighted by Gasteiger charge is 2.42. The molecule has 0 fully saturated rings. The lowest BCUT2D eigenvalue weighted by Gasteiger charge is -2.31. The number of carbonyl (C=O) groups excluding carboxylic acids is 2. The Kier molecular flexibility index (Phi) is 4.77. The number of hydrogen-bond acceptors (Lipinski definition) is 3. The van der Waals surface area contributed by atoms with Gasteiger partial charge in [0.05, 0.1) is 31.0 Å². The highest BCUT2D eigenvalue weighted by Crippen LogP contribution is 2.36. The van der Waals surface area contributed by atoms with Crippen LogP contribution in [0.15, 0.2) is 65.9 Å². The molecule has 0 saturated carbocycles. The van der Waals surface area contributed by atoms with Crippen molar-refractivity contribution in [3.63, 3.8) is 0 Å². The number of carbonyl (C=O) groups is 2. The van der Waals surface area contributed by atoms with Crippen LogP contribution < -0.4 is 10.1 Å². The summed E-state index contributed by atoms with van der Waals surface area (Å²) in [5.41, 5.74) is 3.49. The summed E-state index contributed by atoms with van der Waals surface area (Å²) in [5.74, 6) is 0.720. The van der Waals surface area contributed by atoms with Gasteiger partial charge in [-0.3, -0.25) is 9.69 Å². The Hall–Kier alpha value is -3.28. The van der Waals surface area contributed by atoms with E-state index in [9.17, 15) is 9.59 Å². The maximum atomic E-state index is 13.2. The summed E-state index contributed by atoms with van der Waals surface area (Å²) in [7, 11) is 3.32. The fourth-order valence-corrected chi connectivity index (χ4v) is 3.76. The minimum atomic E-state index is -0.446. The number of rotatable bonds is 5. The number of methoxy groups -OCH3 is 1. The molecule has 1 N–H and O–H groups in total. The van der Waals surface area contributed by atoms with Crippen LogP contribution in [0, 0.1) is 0 Å². The Morgan fingerprint density at radius 1 is 1.07 bits per heavy atom. The van der Waals surface area contributed by atoms with Crippen LogP contribution in [0.1, 0.15) is 17.2 Å². The van der Waals surface area contributed by atoms with Crippen LogP contribution in [0.4, 0.5) is 4.79 Å². The molecule has 0 aromatic heterocycles. The zero-order valence-corrected chi connectivity index (χ0v) is 16.0. The fourth-order valence-electron chi connectivity index (χ4n) is 3.76. The highest BCUT2D eigenvalue weighted by molar-refractivity contribution is 6.01. The number of ether oxygens (including phenoxy) is 1. The molecule has 2 aromatic rings.